The summed E-state index contributed by atoms with van der Waals surface area (Å²) in [4.78, 5) is 21.5. The van der Waals surface area contributed by atoms with Crippen molar-refractivity contribution in [3.63, 3.8) is 0 Å². The van der Waals surface area contributed by atoms with Crippen LogP contribution in [0.3, 0.4) is 0 Å². The van der Waals surface area contributed by atoms with Gasteiger partial charge in [0, 0.05) is 30.0 Å². The van der Waals surface area contributed by atoms with Gasteiger partial charge in [0.25, 0.3) is 0 Å². The predicted molar refractivity (Wildman–Crippen MR) is 102 cm³/mol. The fraction of sp³-hybridized carbons (Fsp3) is 0.421. The number of rotatable bonds is 7. The van der Waals surface area contributed by atoms with Crippen LogP contribution in [0.2, 0.25) is 0 Å². The highest BCUT2D eigenvalue weighted by molar-refractivity contribution is 7.09. The van der Waals surface area contributed by atoms with Gasteiger partial charge in [-0.1, -0.05) is 26.0 Å². The minimum Gasteiger partial charge on any atom is -0.355 e. The van der Waals surface area contributed by atoms with Crippen molar-refractivity contribution < 1.29 is 4.79 Å². The number of thiazole rings is 1. The molecule has 0 unspecified atom stereocenters. The van der Waals surface area contributed by atoms with E-state index in [1.54, 1.807) is 11.3 Å². The molecule has 0 saturated heterocycles. The number of imidazole rings is 1. The highest BCUT2D eigenvalue weighted by Crippen LogP contribution is 2.21. The van der Waals surface area contributed by atoms with E-state index in [0.717, 1.165) is 40.4 Å². The number of nitrogens with one attached hydrogen (secondary N) is 1. The van der Waals surface area contributed by atoms with Gasteiger partial charge >= 0.3 is 0 Å². The fourth-order valence-corrected chi connectivity index (χ4v) is 3.70. The second-order valence-corrected chi connectivity index (χ2v) is 7.48. The number of benzene rings is 1. The van der Waals surface area contributed by atoms with E-state index in [4.69, 9.17) is 0 Å². The maximum atomic E-state index is 12.4. The average molecular weight is 356 g/mol. The maximum Gasteiger partial charge on any atom is 0.240 e. The number of amides is 1. The standard InChI is InChI=1S/C19H24N4OS/c1-13(2)19-22-15-7-4-5-8-16(15)23(19)11-17(24)20-10-6-9-18-21-14(3)12-25-18/h4-5,7-8,12-13H,6,9-11H2,1-3H3,(H,20,24). The maximum absolute atomic E-state index is 12.4. The van der Waals surface area contributed by atoms with Crippen LogP contribution in [0.1, 0.15) is 42.7 Å². The summed E-state index contributed by atoms with van der Waals surface area (Å²) in [5.41, 5.74) is 3.02. The molecule has 25 heavy (non-hydrogen) atoms. The molecular weight excluding hydrogens is 332 g/mol. The zero-order chi connectivity index (χ0) is 17.8. The Morgan fingerprint density at radius 3 is 2.80 bits per heavy atom. The first-order chi connectivity index (χ1) is 12.0. The van der Waals surface area contributed by atoms with E-state index in [2.05, 4.69) is 34.5 Å². The summed E-state index contributed by atoms with van der Waals surface area (Å²) in [6, 6.07) is 7.97. The SMILES string of the molecule is Cc1csc(CCCNC(=O)Cn2c(C(C)C)nc3ccccc32)n1. The third-order valence-electron chi connectivity index (χ3n) is 4.06. The van der Waals surface area contributed by atoms with Gasteiger partial charge in [0.05, 0.1) is 16.0 Å². The van der Waals surface area contributed by atoms with Crippen molar-refractivity contribution in [3.8, 4) is 0 Å². The van der Waals surface area contributed by atoms with Crippen molar-refractivity contribution in [1.82, 2.24) is 19.9 Å². The average Bonchev–Trinajstić information content (AvgIpc) is 3.16. The number of aromatic nitrogens is 3. The molecule has 1 amide bonds. The fourth-order valence-electron chi connectivity index (χ4n) is 2.89. The molecule has 6 heteroatoms. The van der Waals surface area contributed by atoms with Gasteiger partial charge in [-0.2, -0.15) is 0 Å². The molecule has 1 aromatic carbocycles. The molecule has 0 aliphatic heterocycles. The second-order valence-electron chi connectivity index (χ2n) is 6.54. The van der Waals surface area contributed by atoms with E-state index in [9.17, 15) is 4.79 Å². The molecule has 0 fully saturated rings. The summed E-state index contributed by atoms with van der Waals surface area (Å²) in [7, 11) is 0. The third kappa shape index (κ3) is 4.25. The molecule has 0 saturated carbocycles. The van der Waals surface area contributed by atoms with Gasteiger partial charge in [-0.15, -0.1) is 11.3 Å². The number of hydrogen-bond donors (Lipinski definition) is 1. The topological polar surface area (TPSA) is 59.8 Å². The van der Waals surface area contributed by atoms with Crippen molar-refractivity contribution in [2.45, 2.75) is 46.1 Å². The molecule has 0 spiro atoms. The number of carbonyl (C=O) groups excluding carboxylic acids is 1. The van der Waals surface area contributed by atoms with E-state index in [-0.39, 0.29) is 11.8 Å². The zero-order valence-corrected chi connectivity index (χ0v) is 15.8. The van der Waals surface area contributed by atoms with Gasteiger partial charge in [0.2, 0.25) is 5.91 Å². The molecule has 2 aromatic heterocycles. The van der Waals surface area contributed by atoms with E-state index in [1.807, 2.05) is 35.8 Å². The minimum atomic E-state index is 0.0281. The Balaban J connectivity index is 1.59. The molecule has 2 heterocycles. The molecule has 3 aromatic rings. The van der Waals surface area contributed by atoms with Crippen molar-refractivity contribution in [1.29, 1.82) is 0 Å². The lowest BCUT2D eigenvalue weighted by Gasteiger charge is -2.11. The van der Waals surface area contributed by atoms with Crippen LogP contribution in [0.4, 0.5) is 0 Å². The summed E-state index contributed by atoms with van der Waals surface area (Å²) in [6.07, 6.45) is 1.81. The third-order valence-corrected chi connectivity index (χ3v) is 5.08. The first kappa shape index (κ1) is 17.6. The monoisotopic (exact) mass is 356 g/mol. The summed E-state index contributed by atoms with van der Waals surface area (Å²) < 4.78 is 2.03. The number of aryl methyl sites for hydroxylation is 2. The quantitative estimate of drug-likeness (QED) is 0.657. The number of hydrogen-bond acceptors (Lipinski definition) is 4. The highest BCUT2D eigenvalue weighted by Gasteiger charge is 2.15. The van der Waals surface area contributed by atoms with E-state index >= 15 is 0 Å². The summed E-state index contributed by atoms with van der Waals surface area (Å²) in [5, 5.41) is 6.21. The second kappa shape index (κ2) is 7.78. The molecule has 0 bridgehead atoms. The molecule has 0 radical (unpaired) electrons. The molecule has 132 valence electrons. The van der Waals surface area contributed by atoms with E-state index in [0.29, 0.717) is 13.1 Å². The van der Waals surface area contributed by atoms with Crippen LogP contribution in [-0.2, 0) is 17.8 Å². The van der Waals surface area contributed by atoms with Crippen LogP contribution in [0, 0.1) is 6.92 Å². The highest BCUT2D eigenvalue weighted by atomic mass is 32.1. The van der Waals surface area contributed by atoms with Gasteiger partial charge in [-0.05, 0) is 25.5 Å². The Bertz CT molecular complexity index is 865. The van der Waals surface area contributed by atoms with E-state index < -0.39 is 0 Å². The van der Waals surface area contributed by atoms with Crippen molar-refractivity contribution in [2.75, 3.05) is 6.54 Å². The zero-order valence-electron chi connectivity index (χ0n) is 15.0. The largest absolute Gasteiger partial charge is 0.355 e. The molecular formula is C19H24N4OS. The number of nitrogens with zero attached hydrogens (tertiary/aromatic N) is 3. The van der Waals surface area contributed by atoms with Gasteiger partial charge < -0.3 is 9.88 Å². The smallest absolute Gasteiger partial charge is 0.240 e. The minimum absolute atomic E-state index is 0.0281. The molecule has 0 aliphatic carbocycles. The van der Waals surface area contributed by atoms with Crippen molar-refractivity contribution in [2.24, 2.45) is 0 Å². The molecule has 0 aliphatic rings. The Labute approximate surface area is 152 Å². The van der Waals surface area contributed by atoms with Crippen molar-refractivity contribution in [3.05, 3.63) is 46.2 Å². The van der Waals surface area contributed by atoms with Crippen LogP contribution in [-0.4, -0.2) is 27.0 Å². The molecule has 0 atom stereocenters. The van der Waals surface area contributed by atoms with Gasteiger partial charge in [-0.25, -0.2) is 9.97 Å². The Hall–Kier alpha value is -2.21. The molecule has 1 N–H and O–H groups in total. The number of fused-ring (bicyclic) bond motifs is 1. The first-order valence-corrected chi connectivity index (χ1v) is 9.55. The number of carbonyl (C=O) groups is 1. The number of para-hydroxylation sites is 2. The lowest BCUT2D eigenvalue weighted by atomic mass is 10.2. The van der Waals surface area contributed by atoms with Crippen LogP contribution in [0.15, 0.2) is 29.6 Å². The van der Waals surface area contributed by atoms with Gasteiger partial charge in [0.1, 0.15) is 12.4 Å². The van der Waals surface area contributed by atoms with E-state index in [1.165, 1.54) is 0 Å². The van der Waals surface area contributed by atoms with Crippen LogP contribution < -0.4 is 5.32 Å². The summed E-state index contributed by atoms with van der Waals surface area (Å²) in [6.45, 7) is 7.19. The van der Waals surface area contributed by atoms with Gasteiger partial charge in [-0.3, -0.25) is 4.79 Å². The summed E-state index contributed by atoms with van der Waals surface area (Å²) in [5.74, 6) is 1.25. The Morgan fingerprint density at radius 1 is 1.28 bits per heavy atom. The Morgan fingerprint density at radius 2 is 2.08 bits per heavy atom. The van der Waals surface area contributed by atoms with Crippen LogP contribution in [0.5, 0.6) is 0 Å². The lowest BCUT2D eigenvalue weighted by Crippen LogP contribution is -2.29. The molecule has 3 rings (SSSR count). The normalized spacial score (nSPS) is 11.4. The predicted octanol–water partition coefficient (Wildman–Crippen LogP) is 3.67. The first-order valence-electron chi connectivity index (χ1n) is 8.67. The Kier molecular flexibility index (Phi) is 5.48. The van der Waals surface area contributed by atoms with Crippen LogP contribution in [0.25, 0.3) is 11.0 Å². The summed E-state index contributed by atoms with van der Waals surface area (Å²) >= 11 is 1.68. The van der Waals surface area contributed by atoms with Crippen molar-refractivity contribution >= 4 is 28.3 Å². The lowest BCUT2D eigenvalue weighted by molar-refractivity contribution is -0.121. The van der Waals surface area contributed by atoms with Crippen LogP contribution >= 0.6 is 11.3 Å². The molecule has 5 nitrogen and oxygen atoms in total. The van der Waals surface area contributed by atoms with Gasteiger partial charge in [0.15, 0.2) is 0 Å².